The van der Waals surface area contributed by atoms with Gasteiger partial charge in [0.1, 0.15) is 10.4 Å². The molecule has 30 heavy (non-hydrogen) atoms. The maximum atomic E-state index is 12.4. The first kappa shape index (κ1) is 20.5. The smallest absolute Gasteiger partial charge is 0.350 e. The number of H-pyrrole nitrogens is 1. The third kappa shape index (κ3) is 4.39. The summed E-state index contributed by atoms with van der Waals surface area (Å²) >= 11 is 2.71. The number of hydrogen-bond acceptors (Lipinski definition) is 9. The van der Waals surface area contributed by atoms with Crippen LogP contribution in [0, 0.1) is 5.92 Å². The molecule has 0 amide bonds. The van der Waals surface area contributed by atoms with Crippen LogP contribution in [0.1, 0.15) is 36.1 Å². The summed E-state index contributed by atoms with van der Waals surface area (Å²) in [5, 5.41) is 14.1. The monoisotopic (exact) mass is 442 g/mol. The van der Waals surface area contributed by atoms with Gasteiger partial charge in [-0.3, -0.25) is 0 Å². The van der Waals surface area contributed by atoms with Crippen LogP contribution in [-0.2, 0) is 10.5 Å². The van der Waals surface area contributed by atoms with E-state index in [0.717, 1.165) is 23.0 Å². The summed E-state index contributed by atoms with van der Waals surface area (Å²) in [5.41, 5.74) is 3.07. The number of nitrogens with one attached hydrogen (secondary N) is 2. The van der Waals surface area contributed by atoms with E-state index in [1.165, 1.54) is 23.1 Å². The van der Waals surface area contributed by atoms with Crippen molar-refractivity contribution in [1.29, 1.82) is 0 Å². The van der Waals surface area contributed by atoms with Crippen LogP contribution in [0.3, 0.4) is 0 Å². The molecule has 0 spiro atoms. The van der Waals surface area contributed by atoms with Crippen LogP contribution in [0.5, 0.6) is 0 Å². The minimum absolute atomic E-state index is 0.322. The largest absolute Gasteiger partial charge is 0.462 e. The number of aromatic amines is 1. The van der Waals surface area contributed by atoms with Crippen molar-refractivity contribution >= 4 is 56.3 Å². The molecule has 0 bridgehead atoms. The van der Waals surface area contributed by atoms with Gasteiger partial charge in [-0.05, 0) is 18.9 Å². The van der Waals surface area contributed by atoms with E-state index < -0.39 is 0 Å². The lowest BCUT2D eigenvalue weighted by atomic mass is 10.2. The number of thiazole rings is 1. The number of fused-ring (bicyclic) bond motifs is 3. The van der Waals surface area contributed by atoms with Crippen molar-refractivity contribution in [2.45, 2.75) is 31.7 Å². The molecule has 0 radical (unpaired) electrons. The number of esters is 1. The normalized spacial score (nSPS) is 11.5. The van der Waals surface area contributed by atoms with E-state index in [-0.39, 0.29) is 5.97 Å². The summed E-state index contributed by atoms with van der Waals surface area (Å²) in [5.74, 6) is 0.565. The first-order chi connectivity index (χ1) is 14.5. The van der Waals surface area contributed by atoms with Crippen molar-refractivity contribution in [2.24, 2.45) is 5.92 Å². The predicted molar refractivity (Wildman–Crippen MR) is 120 cm³/mol. The molecule has 0 saturated carbocycles. The average molecular weight is 443 g/mol. The SMILES string of the molecule is CCOC(=O)c1sc(NCC(C)C)nc1CSc1nnc2c(n1)[nH]c1ccccc12. The van der Waals surface area contributed by atoms with Gasteiger partial charge in [0.25, 0.3) is 0 Å². The molecule has 0 aliphatic rings. The number of benzene rings is 1. The summed E-state index contributed by atoms with van der Waals surface area (Å²) < 4.78 is 5.20. The van der Waals surface area contributed by atoms with Gasteiger partial charge in [0.2, 0.25) is 5.16 Å². The van der Waals surface area contributed by atoms with Crippen LogP contribution in [-0.4, -0.2) is 44.3 Å². The highest BCUT2D eigenvalue weighted by atomic mass is 32.2. The van der Waals surface area contributed by atoms with Crippen molar-refractivity contribution in [3.8, 4) is 0 Å². The second-order valence-electron chi connectivity index (χ2n) is 7.04. The van der Waals surface area contributed by atoms with Gasteiger partial charge in [-0.25, -0.2) is 14.8 Å². The molecule has 3 heterocycles. The van der Waals surface area contributed by atoms with E-state index >= 15 is 0 Å². The molecule has 156 valence electrons. The molecule has 8 nitrogen and oxygen atoms in total. The van der Waals surface area contributed by atoms with Crippen LogP contribution in [0.2, 0.25) is 0 Å². The van der Waals surface area contributed by atoms with Crippen molar-refractivity contribution in [2.75, 3.05) is 18.5 Å². The summed E-state index contributed by atoms with van der Waals surface area (Å²) in [6.07, 6.45) is 0. The third-order valence-corrected chi connectivity index (χ3v) is 6.14. The van der Waals surface area contributed by atoms with Crippen LogP contribution >= 0.6 is 23.1 Å². The molecule has 0 aliphatic heterocycles. The van der Waals surface area contributed by atoms with Crippen LogP contribution < -0.4 is 5.32 Å². The molecule has 1 aromatic carbocycles. The summed E-state index contributed by atoms with van der Waals surface area (Å²) in [6.45, 7) is 7.14. The fourth-order valence-electron chi connectivity index (χ4n) is 2.87. The Labute approximate surface area is 181 Å². The van der Waals surface area contributed by atoms with Crippen LogP contribution in [0.15, 0.2) is 29.4 Å². The number of aromatic nitrogens is 5. The standard InChI is InChI=1S/C20H22N6O2S2/c1-4-28-18(27)16-14(23-19(30-16)21-9-11(2)3)10-29-20-24-17-15(25-26-20)12-7-5-6-8-13(12)22-17/h5-8,11H,4,9-10H2,1-3H3,(H,21,23)(H,22,24,26). The van der Waals surface area contributed by atoms with Gasteiger partial charge >= 0.3 is 5.97 Å². The topological polar surface area (TPSA) is 106 Å². The predicted octanol–water partition coefficient (Wildman–Crippen LogP) is 4.50. The Morgan fingerprint density at radius 1 is 1.27 bits per heavy atom. The number of anilines is 1. The van der Waals surface area contributed by atoms with Gasteiger partial charge in [0.05, 0.1) is 12.3 Å². The zero-order valence-electron chi connectivity index (χ0n) is 16.9. The highest BCUT2D eigenvalue weighted by Crippen LogP contribution is 2.30. The number of rotatable bonds is 8. The Morgan fingerprint density at radius 3 is 2.90 bits per heavy atom. The number of carbonyl (C=O) groups is 1. The fourth-order valence-corrected chi connectivity index (χ4v) is 4.58. The molecule has 0 atom stereocenters. The van der Waals surface area contributed by atoms with Crippen molar-refractivity contribution in [3.05, 3.63) is 34.8 Å². The fraction of sp³-hybridized carbons (Fsp3) is 0.350. The maximum absolute atomic E-state index is 12.4. The lowest BCUT2D eigenvalue weighted by molar-refractivity contribution is 0.0531. The lowest BCUT2D eigenvalue weighted by Gasteiger charge is -2.04. The second-order valence-corrected chi connectivity index (χ2v) is 8.98. The Morgan fingerprint density at radius 2 is 2.10 bits per heavy atom. The molecule has 10 heteroatoms. The number of thioether (sulfide) groups is 1. The zero-order valence-corrected chi connectivity index (χ0v) is 18.6. The molecule has 4 aromatic rings. The van der Waals surface area contributed by atoms with Crippen LogP contribution in [0.4, 0.5) is 5.13 Å². The molecule has 4 rings (SSSR count). The maximum Gasteiger partial charge on any atom is 0.350 e. The number of para-hydroxylation sites is 1. The number of ether oxygens (including phenoxy) is 1. The Balaban J connectivity index is 1.55. The minimum Gasteiger partial charge on any atom is -0.462 e. The quantitative estimate of drug-likeness (QED) is 0.303. The van der Waals surface area contributed by atoms with Gasteiger partial charge in [0.15, 0.2) is 10.8 Å². The second kappa shape index (κ2) is 8.97. The number of hydrogen-bond donors (Lipinski definition) is 2. The summed E-state index contributed by atoms with van der Waals surface area (Å²) in [4.78, 5) is 25.3. The van der Waals surface area contributed by atoms with Gasteiger partial charge in [0, 0.05) is 23.2 Å². The van der Waals surface area contributed by atoms with E-state index in [0.29, 0.717) is 44.8 Å². The van der Waals surface area contributed by atoms with E-state index in [9.17, 15) is 4.79 Å². The Kier molecular flexibility index (Phi) is 6.14. The molecule has 0 aliphatic carbocycles. The molecular formula is C20H22N6O2S2. The highest BCUT2D eigenvalue weighted by Gasteiger charge is 2.20. The van der Waals surface area contributed by atoms with E-state index in [2.05, 4.69) is 44.3 Å². The van der Waals surface area contributed by atoms with Crippen molar-refractivity contribution in [3.63, 3.8) is 0 Å². The number of carbonyl (C=O) groups excluding carboxylic acids is 1. The molecule has 0 saturated heterocycles. The first-order valence-electron chi connectivity index (χ1n) is 9.69. The highest BCUT2D eigenvalue weighted by molar-refractivity contribution is 7.98. The lowest BCUT2D eigenvalue weighted by Crippen LogP contribution is -2.07. The van der Waals surface area contributed by atoms with Gasteiger partial charge in [-0.2, -0.15) is 0 Å². The van der Waals surface area contributed by atoms with Gasteiger partial charge < -0.3 is 15.0 Å². The first-order valence-corrected chi connectivity index (χ1v) is 11.5. The molecule has 0 fully saturated rings. The third-order valence-electron chi connectivity index (χ3n) is 4.26. The molecule has 2 N–H and O–H groups in total. The van der Waals surface area contributed by atoms with E-state index in [4.69, 9.17) is 4.74 Å². The average Bonchev–Trinajstić information content (AvgIpc) is 3.31. The van der Waals surface area contributed by atoms with Crippen molar-refractivity contribution in [1.82, 2.24) is 25.1 Å². The Bertz CT molecular complexity index is 1190. The molecular weight excluding hydrogens is 420 g/mol. The molecule has 3 aromatic heterocycles. The Hall–Kier alpha value is -2.72. The molecule has 0 unspecified atom stereocenters. The van der Waals surface area contributed by atoms with Crippen molar-refractivity contribution < 1.29 is 9.53 Å². The summed E-state index contributed by atoms with van der Waals surface area (Å²) in [6, 6.07) is 7.90. The number of nitrogens with zero attached hydrogens (tertiary/aromatic N) is 4. The minimum atomic E-state index is -0.353. The van der Waals surface area contributed by atoms with E-state index in [1.807, 2.05) is 24.3 Å². The van der Waals surface area contributed by atoms with Gasteiger partial charge in [-0.1, -0.05) is 55.1 Å². The zero-order chi connectivity index (χ0) is 21.1. The van der Waals surface area contributed by atoms with Crippen LogP contribution in [0.25, 0.3) is 22.1 Å². The van der Waals surface area contributed by atoms with Gasteiger partial charge in [-0.15, -0.1) is 10.2 Å². The summed E-state index contributed by atoms with van der Waals surface area (Å²) in [7, 11) is 0. The van der Waals surface area contributed by atoms with E-state index in [1.54, 1.807) is 6.92 Å².